The van der Waals surface area contributed by atoms with Crippen LogP contribution in [0.25, 0.3) is 0 Å². The Kier molecular flexibility index (Phi) is 4.92. The molecule has 106 valence electrons. The molecule has 20 heavy (non-hydrogen) atoms. The van der Waals surface area contributed by atoms with Crippen LogP contribution >= 0.6 is 11.9 Å². The second kappa shape index (κ2) is 6.67. The highest BCUT2D eigenvalue weighted by molar-refractivity contribution is 8.01. The van der Waals surface area contributed by atoms with Gasteiger partial charge in [-0.1, -0.05) is 12.6 Å². The van der Waals surface area contributed by atoms with Gasteiger partial charge >= 0.3 is 0 Å². The quantitative estimate of drug-likeness (QED) is 0.351. The van der Waals surface area contributed by atoms with Gasteiger partial charge in [-0.05, 0) is 43.6 Å². The summed E-state index contributed by atoms with van der Waals surface area (Å²) in [5, 5.41) is 8.81. The number of rotatable bonds is 7. The van der Waals surface area contributed by atoms with E-state index in [1.807, 2.05) is 0 Å². The van der Waals surface area contributed by atoms with Crippen LogP contribution in [0.15, 0.2) is 46.1 Å². The summed E-state index contributed by atoms with van der Waals surface area (Å²) in [7, 11) is 0. The number of aliphatic imine (C=N–C) groups is 1. The topological polar surface area (TPSA) is 63.3 Å². The maximum atomic E-state index is 13.0. The smallest absolute Gasteiger partial charge is 0.213 e. The molecule has 0 aliphatic heterocycles. The van der Waals surface area contributed by atoms with Gasteiger partial charge in [0.25, 0.3) is 0 Å². The molecule has 0 bridgehead atoms. The molecular weight excluding hydrogens is 275 g/mol. The number of aromatic nitrogens is 1. The summed E-state index contributed by atoms with van der Waals surface area (Å²) in [5.74, 6) is -0.0605. The minimum atomic E-state index is -0.495. The highest BCUT2D eigenvalue weighted by Crippen LogP contribution is 2.41. The first kappa shape index (κ1) is 14.7. The zero-order valence-electron chi connectivity index (χ0n) is 11.1. The Morgan fingerprint density at radius 1 is 1.55 bits per heavy atom. The van der Waals surface area contributed by atoms with Gasteiger partial charge in [0.15, 0.2) is 0 Å². The molecule has 0 spiro atoms. The molecule has 1 heterocycles. The number of pyridine rings is 1. The van der Waals surface area contributed by atoms with Crippen molar-refractivity contribution < 1.29 is 4.39 Å². The van der Waals surface area contributed by atoms with Gasteiger partial charge in [-0.15, -0.1) is 0 Å². The lowest BCUT2D eigenvalue weighted by Crippen LogP contribution is -2.15. The lowest BCUT2D eigenvalue weighted by molar-refractivity contribution is 0.573. The van der Waals surface area contributed by atoms with E-state index >= 15 is 0 Å². The molecule has 1 aliphatic rings. The third-order valence-corrected chi connectivity index (χ3v) is 3.71. The Bertz CT molecular complexity index is 552. The molecular formula is C14H17FN4S. The molecule has 1 aliphatic carbocycles. The largest absolute Gasteiger partial charge is 0.379 e. The minimum Gasteiger partial charge on any atom is -0.379 e. The van der Waals surface area contributed by atoms with Crippen molar-refractivity contribution >= 4 is 18.7 Å². The van der Waals surface area contributed by atoms with E-state index in [9.17, 15) is 4.39 Å². The molecule has 2 rings (SSSR count). The summed E-state index contributed by atoms with van der Waals surface area (Å²) >= 11 is 1.11. The van der Waals surface area contributed by atoms with E-state index in [2.05, 4.69) is 28.6 Å². The number of hydrogen-bond donors (Lipinski definition) is 2. The van der Waals surface area contributed by atoms with Crippen molar-refractivity contribution in [1.82, 2.24) is 10.3 Å². The van der Waals surface area contributed by atoms with Crippen LogP contribution in [-0.2, 0) is 6.54 Å². The van der Waals surface area contributed by atoms with Crippen LogP contribution in [-0.4, -0.2) is 11.7 Å². The Morgan fingerprint density at radius 2 is 2.30 bits per heavy atom. The van der Waals surface area contributed by atoms with Crippen molar-refractivity contribution in [1.29, 1.82) is 0 Å². The maximum Gasteiger partial charge on any atom is 0.213 e. The molecule has 1 aromatic rings. The number of nitrogens with one attached hydrogen (secondary N) is 1. The van der Waals surface area contributed by atoms with Gasteiger partial charge < -0.3 is 5.32 Å². The summed E-state index contributed by atoms with van der Waals surface area (Å²) in [6.07, 6.45) is 2.22. The van der Waals surface area contributed by atoms with Crippen LogP contribution in [0.1, 0.15) is 18.5 Å². The van der Waals surface area contributed by atoms with E-state index in [4.69, 9.17) is 5.14 Å². The highest BCUT2D eigenvalue weighted by Gasteiger charge is 2.28. The molecule has 4 nitrogen and oxygen atoms in total. The van der Waals surface area contributed by atoms with Crippen molar-refractivity contribution in [2.24, 2.45) is 16.0 Å². The van der Waals surface area contributed by atoms with E-state index < -0.39 is 5.95 Å². The molecule has 0 amide bonds. The summed E-state index contributed by atoms with van der Waals surface area (Å²) in [5.41, 5.74) is 2.16. The number of nitrogens with zero attached hydrogens (tertiary/aromatic N) is 2. The molecule has 0 saturated heterocycles. The number of nitrogens with two attached hydrogens (primary N) is 1. The highest BCUT2D eigenvalue weighted by atomic mass is 32.2. The first-order chi connectivity index (χ1) is 9.65. The van der Waals surface area contributed by atoms with Crippen LogP contribution < -0.4 is 10.5 Å². The van der Waals surface area contributed by atoms with Crippen LogP contribution in [0.4, 0.5) is 4.39 Å². The van der Waals surface area contributed by atoms with E-state index in [1.54, 1.807) is 12.1 Å². The second-order valence-corrected chi connectivity index (χ2v) is 5.19. The third-order valence-electron chi connectivity index (χ3n) is 3.01. The molecule has 3 N–H and O–H groups in total. The molecule has 0 aromatic carbocycles. The second-order valence-electron chi connectivity index (χ2n) is 4.55. The summed E-state index contributed by atoms with van der Waals surface area (Å²) < 4.78 is 13.0. The van der Waals surface area contributed by atoms with E-state index in [0.29, 0.717) is 23.9 Å². The number of halogens is 1. The Balaban J connectivity index is 2.04. The zero-order valence-corrected chi connectivity index (χ0v) is 11.9. The zero-order chi connectivity index (χ0) is 14.5. The predicted octanol–water partition coefficient (Wildman–Crippen LogP) is 2.75. The molecule has 1 saturated carbocycles. The van der Waals surface area contributed by atoms with Gasteiger partial charge in [0.05, 0.1) is 22.8 Å². The fourth-order valence-electron chi connectivity index (χ4n) is 1.86. The third kappa shape index (κ3) is 3.68. The Morgan fingerprint density at radius 3 is 2.85 bits per heavy atom. The van der Waals surface area contributed by atoms with Gasteiger partial charge in [0.1, 0.15) is 0 Å². The first-order valence-corrected chi connectivity index (χ1v) is 7.16. The summed E-state index contributed by atoms with van der Waals surface area (Å²) in [4.78, 5) is 8.65. The molecule has 6 heteroatoms. The van der Waals surface area contributed by atoms with E-state index in [0.717, 1.165) is 35.4 Å². The fraction of sp³-hybridized carbons (Fsp3) is 0.286. The number of allylic oxidation sites excluding steroid dienone is 1. The molecule has 0 unspecified atom stereocenters. The van der Waals surface area contributed by atoms with Crippen molar-refractivity contribution in [2.45, 2.75) is 19.4 Å². The Labute approximate surface area is 122 Å². The van der Waals surface area contributed by atoms with Gasteiger partial charge in [0, 0.05) is 11.6 Å². The van der Waals surface area contributed by atoms with Crippen molar-refractivity contribution in [2.75, 3.05) is 0 Å². The van der Waals surface area contributed by atoms with E-state index in [-0.39, 0.29) is 0 Å². The fourth-order valence-corrected chi connectivity index (χ4v) is 2.42. The van der Waals surface area contributed by atoms with Crippen LogP contribution in [0.5, 0.6) is 0 Å². The lowest BCUT2D eigenvalue weighted by Gasteiger charge is -2.13. The van der Waals surface area contributed by atoms with Gasteiger partial charge in [-0.25, -0.2) is 4.98 Å². The monoisotopic (exact) mass is 292 g/mol. The minimum absolute atomic E-state index is 0.385. The lowest BCUT2D eigenvalue weighted by atomic mass is 10.2. The average Bonchev–Trinajstić information content (AvgIpc) is 3.26. The maximum absolute atomic E-state index is 13.0. The summed E-state index contributed by atoms with van der Waals surface area (Å²) in [6, 6.07) is 4.68. The van der Waals surface area contributed by atoms with Crippen LogP contribution in [0.2, 0.25) is 0 Å². The average molecular weight is 292 g/mol. The molecule has 1 aromatic heterocycles. The molecule has 1 fully saturated rings. The van der Waals surface area contributed by atoms with Crippen molar-refractivity contribution in [3.8, 4) is 0 Å². The van der Waals surface area contributed by atoms with Crippen molar-refractivity contribution in [3.05, 3.63) is 52.7 Å². The molecule has 0 atom stereocenters. The normalized spacial score (nSPS) is 15.5. The number of hydrogen-bond acceptors (Lipinski definition) is 5. The Hall–Kier alpha value is -1.66. The van der Waals surface area contributed by atoms with Crippen LogP contribution in [0.3, 0.4) is 0 Å². The summed E-state index contributed by atoms with van der Waals surface area (Å²) in [6.45, 7) is 7.94. The first-order valence-electron chi connectivity index (χ1n) is 6.28. The molecule has 0 radical (unpaired) electrons. The predicted molar refractivity (Wildman–Crippen MR) is 81.3 cm³/mol. The standard InChI is InChI=1S/C14H17FN4S/c1-9(14(20-16)13(17-2)10-6-7-10)18-8-11-4-3-5-12(15)19-11/h3-5,10,18H,1-2,6-8,16H2/b14-13-. The van der Waals surface area contributed by atoms with Gasteiger partial charge in [-0.2, -0.15) is 4.39 Å². The van der Waals surface area contributed by atoms with Gasteiger partial charge in [0.2, 0.25) is 5.95 Å². The van der Waals surface area contributed by atoms with Crippen LogP contribution in [0, 0.1) is 11.9 Å². The van der Waals surface area contributed by atoms with Crippen molar-refractivity contribution in [3.63, 3.8) is 0 Å². The SMILES string of the molecule is C=N/C(=C(\SN)C(=C)NCc1cccc(F)n1)C1CC1. The van der Waals surface area contributed by atoms with Gasteiger partial charge in [-0.3, -0.25) is 10.1 Å². The van der Waals surface area contributed by atoms with E-state index in [1.165, 1.54) is 6.07 Å².